The van der Waals surface area contributed by atoms with E-state index in [1.54, 1.807) is 12.1 Å². The van der Waals surface area contributed by atoms with Crippen molar-refractivity contribution in [2.24, 2.45) is 0 Å². The lowest BCUT2D eigenvalue weighted by atomic mass is 10.1. The number of para-hydroxylation sites is 1. The molecule has 1 aliphatic heterocycles. The quantitative estimate of drug-likeness (QED) is 0.444. The van der Waals surface area contributed by atoms with Gasteiger partial charge in [0.1, 0.15) is 16.7 Å². The van der Waals surface area contributed by atoms with Crippen molar-refractivity contribution in [2.75, 3.05) is 4.90 Å². The number of nitrogens with one attached hydrogen (secondary N) is 1. The normalized spacial score (nSPS) is 13.3. The van der Waals surface area contributed by atoms with E-state index >= 15 is 0 Å². The van der Waals surface area contributed by atoms with Crippen LogP contribution < -0.4 is 10.2 Å². The molecular formula is C20H13BrClF2N3OS. The molecule has 1 aromatic heterocycles. The maximum Gasteiger partial charge on any atom is 0.326 e. The number of urea groups is 1. The van der Waals surface area contributed by atoms with E-state index in [1.165, 1.54) is 17.0 Å². The highest BCUT2D eigenvalue weighted by Gasteiger charge is 2.30. The maximum atomic E-state index is 14.0. The number of carbonyl (C=O) groups excluding carboxylic acids is 1. The molecule has 0 aliphatic carbocycles. The molecule has 3 aromatic rings. The maximum absolute atomic E-state index is 14.0. The van der Waals surface area contributed by atoms with E-state index in [0.717, 1.165) is 23.4 Å². The summed E-state index contributed by atoms with van der Waals surface area (Å²) in [4.78, 5) is 19.0. The highest BCUT2D eigenvalue weighted by molar-refractivity contribution is 9.10. The summed E-state index contributed by atoms with van der Waals surface area (Å²) in [6, 6.07) is 10.2. The second-order valence-electron chi connectivity index (χ2n) is 6.32. The van der Waals surface area contributed by atoms with Crippen molar-refractivity contribution in [3.8, 4) is 0 Å². The van der Waals surface area contributed by atoms with E-state index in [-0.39, 0.29) is 17.5 Å². The van der Waals surface area contributed by atoms with Crippen LogP contribution in [0.2, 0.25) is 5.02 Å². The predicted octanol–water partition coefficient (Wildman–Crippen LogP) is 6.60. The molecule has 1 aliphatic rings. The average Bonchev–Trinajstić information content (AvgIpc) is 2.66. The van der Waals surface area contributed by atoms with Gasteiger partial charge in [0, 0.05) is 11.0 Å². The van der Waals surface area contributed by atoms with Crippen molar-refractivity contribution in [2.45, 2.75) is 23.4 Å². The lowest BCUT2D eigenvalue weighted by Gasteiger charge is -2.31. The van der Waals surface area contributed by atoms with E-state index < -0.39 is 11.6 Å². The number of anilines is 2. The number of hydrogen-bond donors (Lipinski definition) is 1. The van der Waals surface area contributed by atoms with Crippen LogP contribution in [0.15, 0.2) is 56.9 Å². The van der Waals surface area contributed by atoms with Gasteiger partial charge in [0.25, 0.3) is 0 Å². The molecule has 0 bridgehead atoms. The fourth-order valence-corrected chi connectivity index (χ4v) is 4.70. The first-order valence-corrected chi connectivity index (χ1v) is 10.5. The van der Waals surface area contributed by atoms with E-state index in [0.29, 0.717) is 31.6 Å². The first-order valence-electron chi connectivity index (χ1n) is 8.50. The molecular weight excluding hydrogens is 484 g/mol. The Labute approximate surface area is 183 Å². The summed E-state index contributed by atoms with van der Waals surface area (Å²) >= 11 is 10.9. The number of pyridine rings is 1. The Kier molecular flexibility index (Phi) is 5.50. The molecule has 1 N–H and O–H groups in total. The van der Waals surface area contributed by atoms with Gasteiger partial charge in [0.05, 0.1) is 33.1 Å². The lowest BCUT2D eigenvalue weighted by molar-refractivity contribution is 0.246. The summed E-state index contributed by atoms with van der Waals surface area (Å²) in [5.41, 5.74) is 2.60. The van der Waals surface area contributed by atoms with Crippen LogP contribution in [-0.2, 0) is 6.54 Å². The van der Waals surface area contributed by atoms with Crippen molar-refractivity contribution in [3.05, 3.63) is 74.9 Å². The number of fused-ring (bicyclic) bond motifs is 1. The number of aromatic nitrogens is 1. The van der Waals surface area contributed by atoms with Gasteiger partial charge in [-0.05, 0) is 52.7 Å². The van der Waals surface area contributed by atoms with Crippen LogP contribution in [0.3, 0.4) is 0 Å². The van der Waals surface area contributed by atoms with Gasteiger partial charge in [-0.1, -0.05) is 35.5 Å². The number of amides is 2. The number of aryl methyl sites for hydroxylation is 1. The SMILES string of the molecule is Cc1cccc(Cl)c1N1C(=O)NCc2nc(Sc3ccc(F)cc3F)c(Br)cc21. The summed E-state index contributed by atoms with van der Waals surface area (Å²) in [6.45, 7) is 2.09. The molecule has 9 heteroatoms. The van der Waals surface area contributed by atoms with Gasteiger partial charge in [0.15, 0.2) is 0 Å². The van der Waals surface area contributed by atoms with Crippen LogP contribution in [-0.4, -0.2) is 11.0 Å². The highest BCUT2D eigenvalue weighted by Crippen LogP contribution is 2.42. The van der Waals surface area contributed by atoms with Gasteiger partial charge in [-0.25, -0.2) is 18.6 Å². The van der Waals surface area contributed by atoms with Gasteiger partial charge in [-0.3, -0.25) is 4.90 Å². The number of hydrogen-bond acceptors (Lipinski definition) is 3. The molecule has 0 saturated carbocycles. The number of nitrogens with zero attached hydrogens (tertiary/aromatic N) is 2. The number of rotatable bonds is 3. The van der Waals surface area contributed by atoms with Gasteiger partial charge < -0.3 is 5.32 Å². The van der Waals surface area contributed by atoms with Gasteiger partial charge >= 0.3 is 6.03 Å². The van der Waals surface area contributed by atoms with Crippen molar-refractivity contribution in [3.63, 3.8) is 0 Å². The Bertz CT molecular complexity index is 1120. The van der Waals surface area contributed by atoms with E-state index in [9.17, 15) is 13.6 Å². The van der Waals surface area contributed by atoms with Crippen molar-refractivity contribution >= 4 is 56.7 Å². The monoisotopic (exact) mass is 495 g/mol. The Balaban J connectivity index is 1.78. The van der Waals surface area contributed by atoms with Crippen LogP contribution in [0.4, 0.5) is 25.0 Å². The van der Waals surface area contributed by atoms with Gasteiger partial charge in [-0.2, -0.15) is 0 Å². The zero-order valence-electron chi connectivity index (χ0n) is 15.0. The standard InChI is InChI=1S/C20H13BrClF2N3OS/c1-10-3-2-4-13(22)18(10)27-16-8-12(21)19(26-15(16)9-25-20(27)28)29-17-6-5-11(23)7-14(17)24/h2-8H,9H2,1H3,(H,25,28). The minimum Gasteiger partial charge on any atom is -0.332 e. The van der Waals surface area contributed by atoms with Crippen LogP contribution >= 0.6 is 39.3 Å². The lowest BCUT2D eigenvalue weighted by Crippen LogP contribution is -2.42. The third-order valence-corrected chi connectivity index (χ3v) is 6.59. The van der Waals surface area contributed by atoms with E-state index in [1.807, 2.05) is 19.1 Å². The predicted molar refractivity (Wildman–Crippen MR) is 113 cm³/mol. The molecule has 0 fully saturated rings. The first-order chi connectivity index (χ1) is 13.8. The smallest absolute Gasteiger partial charge is 0.326 e. The highest BCUT2D eigenvalue weighted by atomic mass is 79.9. The molecule has 29 heavy (non-hydrogen) atoms. The second-order valence-corrected chi connectivity index (χ2v) is 8.61. The third-order valence-electron chi connectivity index (χ3n) is 4.36. The Morgan fingerprint density at radius 2 is 2.03 bits per heavy atom. The zero-order chi connectivity index (χ0) is 20.7. The van der Waals surface area contributed by atoms with Crippen LogP contribution in [0.1, 0.15) is 11.3 Å². The molecule has 148 valence electrons. The molecule has 4 rings (SSSR count). The van der Waals surface area contributed by atoms with E-state index in [4.69, 9.17) is 11.6 Å². The van der Waals surface area contributed by atoms with Gasteiger partial charge in [-0.15, -0.1) is 0 Å². The van der Waals surface area contributed by atoms with Crippen molar-refractivity contribution in [1.29, 1.82) is 0 Å². The summed E-state index contributed by atoms with van der Waals surface area (Å²) < 4.78 is 27.8. The molecule has 2 heterocycles. The fourth-order valence-electron chi connectivity index (χ4n) is 3.03. The second kappa shape index (κ2) is 7.93. The van der Waals surface area contributed by atoms with Crippen LogP contribution in [0, 0.1) is 18.6 Å². The topological polar surface area (TPSA) is 45.2 Å². The van der Waals surface area contributed by atoms with Crippen molar-refractivity contribution < 1.29 is 13.6 Å². The summed E-state index contributed by atoms with van der Waals surface area (Å²) in [5, 5.41) is 3.73. The molecule has 4 nitrogen and oxygen atoms in total. The average molecular weight is 497 g/mol. The minimum absolute atomic E-state index is 0.223. The zero-order valence-corrected chi connectivity index (χ0v) is 18.1. The largest absolute Gasteiger partial charge is 0.332 e. The van der Waals surface area contributed by atoms with E-state index in [2.05, 4.69) is 26.2 Å². The molecule has 2 amide bonds. The number of carbonyl (C=O) groups is 1. The van der Waals surface area contributed by atoms with Crippen LogP contribution in [0.5, 0.6) is 0 Å². The Hall–Kier alpha value is -2.16. The van der Waals surface area contributed by atoms with Gasteiger partial charge in [0.2, 0.25) is 0 Å². The van der Waals surface area contributed by atoms with Crippen molar-refractivity contribution in [1.82, 2.24) is 10.3 Å². The number of halogens is 4. The molecule has 0 radical (unpaired) electrons. The minimum atomic E-state index is -0.664. The summed E-state index contributed by atoms with van der Waals surface area (Å²) in [7, 11) is 0. The molecule has 0 saturated heterocycles. The third kappa shape index (κ3) is 3.84. The Morgan fingerprint density at radius 3 is 2.76 bits per heavy atom. The molecule has 0 spiro atoms. The summed E-state index contributed by atoms with van der Waals surface area (Å²) in [5.74, 6) is -1.30. The molecule has 0 atom stereocenters. The molecule has 2 aromatic carbocycles. The number of benzene rings is 2. The van der Waals surface area contributed by atoms with Crippen LogP contribution in [0.25, 0.3) is 0 Å². The fraction of sp³-hybridized carbons (Fsp3) is 0.100. The summed E-state index contributed by atoms with van der Waals surface area (Å²) in [6.07, 6.45) is 0. The Morgan fingerprint density at radius 1 is 1.24 bits per heavy atom. The molecule has 0 unspecified atom stereocenters. The first kappa shape index (κ1) is 20.1.